The summed E-state index contributed by atoms with van der Waals surface area (Å²) in [7, 11) is 2.97. The lowest BCUT2D eigenvalue weighted by Crippen LogP contribution is -2.30. The van der Waals surface area contributed by atoms with Crippen molar-refractivity contribution in [3.63, 3.8) is 0 Å². The Hall–Kier alpha value is -3.35. The number of carbonyl (C=O) groups excluding carboxylic acids is 2. The van der Waals surface area contributed by atoms with E-state index in [2.05, 4.69) is 5.32 Å². The number of nitrogens with one attached hydrogen (secondary N) is 1. The molecule has 29 heavy (non-hydrogen) atoms. The highest BCUT2D eigenvalue weighted by molar-refractivity contribution is 5.98. The molecule has 154 valence electrons. The maximum atomic E-state index is 12.4. The Bertz CT molecular complexity index is 875. The van der Waals surface area contributed by atoms with E-state index in [9.17, 15) is 19.5 Å². The summed E-state index contributed by atoms with van der Waals surface area (Å²) in [5.74, 6) is -0.656. The number of rotatable bonds is 10. The van der Waals surface area contributed by atoms with Crippen LogP contribution in [-0.4, -0.2) is 37.0 Å². The van der Waals surface area contributed by atoms with E-state index in [1.54, 1.807) is 30.3 Å². The maximum absolute atomic E-state index is 12.4. The second-order valence-corrected chi connectivity index (χ2v) is 6.62. The number of ketones is 1. The monoisotopic (exact) mass is 399 g/mol. The Morgan fingerprint density at radius 2 is 1.69 bits per heavy atom. The van der Waals surface area contributed by atoms with Gasteiger partial charge >= 0.3 is 5.97 Å². The average molecular weight is 399 g/mol. The van der Waals surface area contributed by atoms with Gasteiger partial charge in [0.25, 0.3) is 0 Å². The van der Waals surface area contributed by atoms with E-state index in [0.717, 1.165) is 5.56 Å². The molecule has 2 N–H and O–H groups in total. The molecule has 2 aromatic rings. The van der Waals surface area contributed by atoms with Crippen molar-refractivity contribution in [2.75, 3.05) is 14.2 Å². The van der Waals surface area contributed by atoms with Crippen LogP contribution in [0.25, 0.3) is 0 Å². The second kappa shape index (κ2) is 10.3. The minimum absolute atomic E-state index is 0.0361. The zero-order chi connectivity index (χ0) is 21.4. The first-order chi connectivity index (χ1) is 13.8. The van der Waals surface area contributed by atoms with Crippen molar-refractivity contribution in [2.45, 2.75) is 32.2 Å². The molecule has 0 spiro atoms. The molecule has 0 saturated carbocycles. The van der Waals surface area contributed by atoms with Crippen LogP contribution < -0.4 is 14.8 Å². The predicted molar refractivity (Wildman–Crippen MR) is 107 cm³/mol. The topological polar surface area (TPSA) is 102 Å². The standard InChI is InChI=1S/C22H25NO6/c1-14-4-6-15(7-5-14)19(24)10-11-21(25)23-18(13-22(26)27)17-9-8-16(28-2)12-20(17)29-3/h4-9,12,18H,10-11,13H2,1-3H3,(H,23,25)(H,26,27). The Kier molecular flexibility index (Phi) is 7.77. The Morgan fingerprint density at radius 1 is 1.00 bits per heavy atom. The molecule has 0 aliphatic rings. The van der Waals surface area contributed by atoms with Crippen molar-refractivity contribution in [1.29, 1.82) is 0 Å². The van der Waals surface area contributed by atoms with Crippen molar-refractivity contribution in [3.8, 4) is 11.5 Å². The lowest BCUT2D eigenvalue weighted by Gasteiger charge is -2.20. The van der Waals surface area contributed by atoms with Gasteiger partial charge in [-0.1, -0.05) is 29.8 Å². The van der Waals surface area contributed by atoms with Crippen molar-refractivity contribution >= 4 is 17.7 Å². The summed E-state index contributed by atoms with van der Waals surface area (Å²) >= 11 is 0. The number of carboxylic acids is 1. The zero-order valence-corrected chi connectivity index (χ0v) is 16.7. The molecule has 1 atom stereocenters. The molecule has 0 aliphatic heterocycles. The van der Waals surface area contributed by atoms with E-state index >= 15 is 0 Å². The third-order valence-corrected chi connectivity index (χ3v) is 4.48. The number of aryl methyl sites for hydroxylation is 1. The third kappa shape index (κ3) is 6.34. The number of amides is 1. The van der Waals surface area contributed by atoms with Gasteiger partial charge in [0.2, 0.25) is 5.91 Å². The molecule has 7 nitrogen and oxygen atoms in total. The minimum Gasteiger partial charge on any atom is -0.497 e. The Morgan fingerprint density at radius 3 is 2.28 bits per heavy atom. The summed E-state index contributed by atoms with van der Waals surface area (Å²) in [5, 5.41) is 11.9. The van der Waals surface area contributed by atoms with Crippen LogP contribution in [0.3, 0.4) is 0 Å². The fourth-order valence-corrected chi connectivity index (χ4v) is 2.90. The molecule has 2 aromatic carbocycles. The van der Waals surface area contributed by atoms with Gasteiger partial charge in [0.1, 0.15) is 11.5 Å². The van der Waals surface area contributed by atoms with E-state index < -0.39 is 17.9 Å². The highest BCUT2D eigenvalue weighted by Crippen LogP contribution is 2.31. The first kappa shape index (κ1) is 21.9. The van der Waals surface area contributed by atoms with Crippen LogP contribution >= 0.6 is 0 Å². The van der Waals surface area contributed by atoms with Crippen LogP contribution in [0.2, 0.25) is 0 Å². The largest absolute Gasteiger partial charge is 0.497 e. The zero-order valence-electron chi connectivity index (χ0n) is 16.7. The van der Waals surface area contributed by atoms with Gasteiger partial charge in [-0.3, -0.25) is 14.4 Å². The molecule has 1 unspecified atom stereocenters. The Balaban J connectivity index is 2.07. The van der Waals surface area contributed by atoms with Gasteiger partial charge < -0.3 is 19.9 Å². The number of carbonyl (C=O) groups is 3. The lowest BCUT2D eigenvalue weighted by atomic mass is 10.0. The van der Waals surface area contributed by atoms with Crippen LogP contribution in [0.15, 0.2) is 42.5 Å². The van der Waals surface area contributed by atoms with Gasteiger partial charge in [-0.15, -0.1) is 0 Å². The lowest BCUT2D eigenvalue weighted by molar-refractivity contribution is -0.137. The molecular weight excluding hydrogens is 374 g/mol. The summed E-state index contributed by atoms with van der Waals surface area (Å²) in [6.07, 6.45) is -0.323. The number of hydrogen-bond acceptors (Lipinski definition) is 5. The van der Waals surface area contributed by atoms with Crippen molar-refractivity contribution in [3.05, 3.63) is 59.2 Å². The molecule has 0 aromatic heterocycles. The van der Waals surface area contributed by atoms with E-state index in [1.165, 1.54) is 14.2 Å². The number of Topliss-reactive ketones (excluding diaryl/α,β-unsaturated/α-hetero) is 1. The van der Waals surface area contributed by atoms with E-state index in [-0.39, 0.29) is 25.0 Å². The highest BCUT2D eigenvalue weighted by atomic mass is 16.5. The van der Waals surface area contributed by atoms with Gasteiger partial charge in [-0.05, 0) is 19.1 Å². The van der Waals surface area contributed by atoms with Crippen molar-refractivity contribution < 1.29 is 29.0 Å². The number of aliphatic carboxylic acids is 1. The minimum atomic E-state index is -1.07. The highest BCUT2D eigenvalue weighted by Gasteiger charge is 2.22. The summed E-state index contributed by atoms with van der Waals surface area (Å²) < 4.78 is 10.5. The summed E-state index contributed by atoms with van der Waals surface area (Å²) in [6, 6.07) is 11.3. The molecule has 0 aliphatic carbocycles. The molecule has 1 amide bonds. The number of hydrogen-bond donors (Lipinski definition) is 2. The molecule has 7 heteroatoms. The first-order valence-corrected chi connectivity index (χ1v) is 9.17. The van der Waals surface area contributed by atoms with Crippen LogP contribution in [0.5, 0.6) is 11.5 Å². The van der Waals surface area contributed by atoms with Crippen LogP contribution in [0.4, 0.5) is 0 Å². The third-order valence-electron chi connectivity index (χ3n) is 4.48. The number of benzene rings is 2. The number of methoxy groups -OCH3 is 2. The van der Waals surface area contributed by atoms with Gasteiger partial charge in [-0.2, -0.15) is 0 Å². The SMILES string of the molecule is COc1ccc(C(CC(=O)O)NC(=O)CCC(=O)c2ccc(C)cc2)c(OC)c1. The Labute approximate surface area is 169 Å². The smallest absolute Gasteiger partial charge is 0.305 e. The van der Waals surface area contributed by atoms with Crippen LogP contribution in [0, 0.1) is 6.92 Å². The van der Waals surface area contributed by atoms with E-state index in [0.29, 0.717) is 22.6 Å². The average Bonchev–Trinajstić information content (AvgIpc) is 2.71. The van der Waals surface area contributed by atoms with Gasteiger partial charge in [-0.25, -0.2) is 0 Å². The summed E-state index contributed by atoms with van der Waals surface area (Å²) in [5.41, 5.74) is 2.11. The fourth-order valence-electron chi connectivity index (χ4n) is 2.90. The van der Waals surface area contributed by atoms with E-state index in [1.807, 2.05) is 19.1 Å². The summed E-state index contributed by atoms with van der Waals surface area (Å²) in [4.78, 5) is 36.0. The van der Waals surface area contributed by atoms with E-state index in [4.69, 9.17) is 9.47 Å². The molecule has 0 saturated heterocycles. The van der Waals surface area contributed by atoms with Gasteiger partial charge in [0, 0.05) is 30.0 Å². The van der Waals surface area contributed by atoms with Gasteiger partial charge in [0.05, 0.1) is 26.7 Å². The quantitative estimate of drug-likeness (QED) is 0.595. The summed E-state index contributed by atoms with van der Waals surface area (Å²) in [6.45, 7) is 1.93. The number of carboxylic acid groups (broad SMARTS) is 1. The molecule has 0 fully saturated rings. The number of ether oxygens (including phenoxy) is 2. The van der Waals surface area contributed by atoms with Crippen molar-refractivity contribution in [2.24, 2.45) is 0 Å². The second-order valence-electron chi connectivity index (χ2n) is 6.62. The first-order valence-electron chi connectivity index (χ1n) is 9.17. The van der Waals surface area contributed by atoms with Crippen molar-refractivity contribution in [1.82, 2.24) is 5.32 Å². The predicted octanol–water partition coefficient (Wildman–Crippen LogP) is 3.31. The molecule has 0 radical (unpaired) electrons. The maximum Gasteiger partial charge on any atom is 0.305 e. The normalized spacial score (nSPS) is 11.4. The van der Waals surface area contributed by atoms with Gasteiger partial charge in [0.15, 0.2) is 5.78 Å². The molecule has 0 bridgehead atoms. The van der Waals surface area contributed by atoms with Crippen LogP contribution in [0.1, 0.15) is 46.8 Å². The molecule has 0 heterocycles. The fraction of sp³-hybridized carbons (Fsp3) is 0.318. The van der Waals surface area contributed by atoms with Crippen LogP contribution in [-0.2, 0) is 9.59 Å². The molecule has 2 rings (SSSR count). The molecular formula is C22H25NO6.